The Kier molecular flexibility index (Phi) is 3.20. The Morgan fingerprint density at radius 1 is 1.31 bits per heavy atom. The van der Waals surface area contributed by atoms with Crippen molar-refractivity contribution in [2.75, 3.05) is 24.2 Å². The van der Waals surface area contributed by atoms with Crippen LogP contribution in [0.25, 0.3) is 0 Å². The molecule has 0 saturated heterocycles. The highest BCUT2D eigenvalue weighted by Gasteiger charge is 2.42. The van der Waals surface area contributed by atoms with Gasteiger partial charge in [0.2, 0.25) is 0 Å². The summed E-state index contributed by atoms with van der Waals surface area (Å²) < 4.78 is 0. The minimum atomic E-state index is 0.495. The number of thiol groups is 1. The first-order valence-electron chi connectivity index (χ1n) is 5.96. The van der Waals surface area contributed by atoms with Crippen molar-refractivity contribution in [3.63, 3.8) is 0 Å². The van der Waals surface area contributed by atoms with Crippen LogP contribution in [0.2, 0.25) is 0 Å². The molecule has 0 spiro atoms. The van der Waals surface area contributed by atoms with Gasteiger partial charge in [-0.05, 0) is 49.5 Å². The van der Waals surface area contributed by atoms with Crippen molar-refractivity contribution in [3.05, 3.63) is 29.3 Å². The molecule has 1 aliphatic rings. The lowest BCUT2D eigenvalue weighted by molar-refractivity contribution is 0.581. The molecule has 1 nitrogen and oxygen atoms in total. The molecule has 88 valence electrons. The molecule has 0 radical (unpaired) electrons. The van der Waals surface area contributed by atoms with E-state index in [1.807, 2.05) is 0 Å². The van der Waals surface area contributed by atoms with Gasteiger partial charge in [0.05, 0.1) is 0 Å². The highest BCUT2D eigenvalue weighted by Crippen LogP contribution is 2.47. The average Bonchev–Trinajstić information content (AvgIpc) is 2.98. The van der Waals surface area contributed by atoms with Crippen molar-refractivity contribution in [1.29, 1.82) is 0 Å². The van der Waals surface area contributed by atoms with E-state index in [1.54, 1.807) is 0 Å². The van der Waals surface area contributed by atoms with Gasteiger partial charge in [-0.15, -0.1) is 0 Å². The lowest BCUT2D eigenvalue weighted by Gasteiger charge is -2.26. The van der Waals surface area contributed by atoms with E-state index in [4.69, 9.17) is 0 Å². The van der Waals surface area contributed by atoms with Crippen LogP contribution in [0.5, 0.6) is 0 Å². The molecule has 0 N–H and O–H groups in total. The molecule has 1 aliphatic carbocycles. The summed E-state index contributed by atoms with van der Waals surface area (Å²) in [6.07, 6.45) is 2.68. The van der Waals surface area contributed by atoms with E-state index in [2.05, 4.69) is 56.6 Å². The van der Waals surface area contributed by atoms with Crippen LogP contribution in [0.15, 0.2) is 18.2 Å². The van der Waals surface area contributed by atoms with E-state index in [0.717, 1.165) is 12.3 Å². The molecule has 0 bridgehead atoms. The van der Waals surface area contributed by atoms with E-state index >= 15 is 0 Å². The zero-order valence-corrected chi connectivity index (χ0v) is 11.3. The molecule has 0 aliphatic heterocycles. The van der Waals surface area contributed by atoms with Crippen molar-refractivity contribution in [1.82, 2.24) is 0 Å². The largest absolute Gasteiger partial charge is 0.374 e. The van der Waals surface area contributed by atoms with Crippen LogP contribution in [0.4, 0.5) is 5.69 Å². The van der Waals surface area contributed by atoms with E-state index in [1.165, 1.54) is 29.7 Å². The Labute approximate surface area is 104 Å². The molecule has 1 saturated carbocycles. The van der Waals surface area contributed by atoms with E-state index in [0.29, 0.717) is 5.41 Å². The van der Waals surface area contributed by atoms with Crippen LogP contribution in [0, 0.1) is 19.3 Å². The number of benzene rings is 1. The Morgan fingerprint density at radius 3 is 2.50 bits per heavy atom. The Balaban J connectivity index is 2.11. The van der Waals surface area contributed by atoms with Crippen LogP contribution in [0.3, 0.4) is 0 Å². The summed E-state index contributed by atoms with van der Waals surface area (Å²) in [6, 6.07) is 6.68. The highest BCUT2D eigenvalue weighted by atomic mass is 32.1. The molecular formula is C14H21NS. The number of nitrogens with zero attached hydrogens (tertiary/aromatic N) is 1. The van der Waals surface area contributed by atoms with Gasteiger partial charge >= 0.3 is 0 Å². The third kappa shape index (κ3) is 2.37. The van der Waals surface area contributed by atoms with Gasteiger partial charge in [0, 0.05) is 19.3 Å². The summed E-state index contributed by atoms with van der Waals surface area (Å²) in [4.78, 5) is 2.39. The quantitative estimate of drug-likeness (QED) is 0.782. The van der Waals surface area contributed by atoms with Crippen LogP contribution in [0.1, 0.15) is 24.0 Å². The van der Waals surface area contributed by atoms with Gasteiger partial charge in [0.25, 0.3) is 0 Å². The summed E-state index contributed by atoms with van der Waals surface area (Å²) >= 11 is 4.47. The molecule has 16 heavy (non-hydrogen) atoms. The predicted octanol–water partition coefficient (Wildman–Crippen LogP) is 3.45. The fourth-order valence-electron chi connectivity index (χ4n) is 2.36. The summed E-state index contributed by atoms with van der Waals surface area (Å²) in [5.74, 6) is 1.02. The van der Waals surface area contributed by atoms with Gasteiger partial charge in [-0.3, -0.25) is 0 Å². The zero-order valence-electron chi connectivity index (χ0n) is 10.5. The lowest BCUT2D eigenvalue weighted by atomic mass is 10.1. The van der Waals surface area contributed by atoms with E-state index < -0.39 is 0 Å². The maximum Gasteiger partial charge on any atom is 0.0393 e. The molecule has 0 aromatic heterocycles. The molecule has 2 rings (SSSR count). The molecule has 0 unspecified atom stereocenters. The van der Waals surface area contributed by atoms with Gasteiger partial charge in [-0.1, -0.05) is 17.7 Å². The zero-order chi connectivity index (χ0) is 11.8. The first kappa shape index (κ1) is 11.8. The van der Waals surface area contributed by atoms with Crippen molar-refractivity contribution in [2.24, 2.45) is 5.41 Å². The first-order valence-corrected chi connectivity index (χ1v) is 6.59. The van der Waals surface area contributed by atoms with Crippen LogP contribution < -0.4 is 4.90 Å². The summed E-state index contributed by atoms with van der Waals surface area (Å²) in [5, 5.41) is 0. The topological polar surface area (TPSA) is 3.24 Å². The van der Waals surface area contributed by atoms with Crippen molar-refractivity contribution < 1.29 is 0 Å². The molecule has 1 aromatic carbocycles. The number of anilines is 1. The standard InChI is InChI=1S/C14H21NS/c1-11-4-5-13(12(2)8-11)15(3)9-14(10-16)6-7-14/h4-5,8,16H,6-7,9-10H2,1-3H3. The third-order valence-electron chi connectivity index (χ3n) is 3.63. The van der Waals surface area contributed by atoms with Crippen molar-refractivity contribution in [2.45, 2.75) is 26.7 Å². The average molecular weight is 235 g/mol. The molecular weight excluding hydrogens is 214 g/mol. The first-order chi connectivity index (χ1) is 7.56. The lowest BCUT2D eigenvalue weighted by Crippen LogP contribution is -2.28. The smallest absolute Gasteiger partial charge is 0.0393 e. The second-order valence-corrected chi connectivity index (χ2v) is 5.62. The van der Waals surface area contributed by atoms with E-state index in [-0.39, 0.29) is 0 Å². The summed E-state index contributed by atoms with van der Waals surface area (Å²) in [6.45, 7) is 5.48. The fraction of sp³-hybridized carbons (Fsp3) is 0.571. The molecule has 1 aromatic rings. The second-order valence-electron chi connectivity index (χ2n) is 5.30. The maximum atomic E-state index is 4.47. The predicted molar refractivity (Wildman–Crippen MR) is 74.7 cm³/mol. The SMILES string of the molecule is Cc1ccc(N(C)CC2(CS)CC2)c(C)c1. The monoisotopic (exact) mass is 235 g/mol. The van der Waals surface area contributed by atoms with Gasteiger partial charge in [0.15, 0.2) is 0 Å². The van der Waals surface area contributed by atoms with Crippen LogP contribution in [-0.2, 0) is 0 Å². The summed E-state index contributed by atoms with van der Waals surface area (Å²) in [7, 11) is 2.20. The molecule has 0 amide bonds. The van der Waals surface area contributed by atoms with E-state index in [9.17, 15) is 0 Å². The fourth-order valence-corrected chi connectivity index (χ4v) is 2.78. The number of aryl methyl sites for hydroxylation is 2. The van der Waals surface area contributed by atoms with Gasteiger partial charge < -0.3 is 4.90 Å². The normalized spacial score (nSPS) is 17.2. The minimum absolute atomic E-state index is 0.495. The van der Waals surface area contributed by atoms with Gasteiger partial charge in [-0.25, -0.2) is 0 Å². The summed E-state index contributed by atoms with van der Waals surface area (Å²) in [5.41, 5.74) is 4.57. The van der Waals surface area contributed by atoms with Gasteiger partial charge in [0.1, 0.15) is 0 Å². The van der Waals surface area contributed by atoms with Crippen molar-refractivity contribution in [3.8, 4) is 0 Å². The molecule has 0 atom stereocenters. The molecule has 2 heteroatoms. The Morgan fingerprint density at radius 2 is 2.00 bits per heavy atom. The number of rotatable bonds is 4. The number of hydrogen-bond acceptors (Lipinski definition) is 2. The van der Waals surface area contributed by atoms with Crippen molar-refractivity contribution >= 4 is 18.3 Å². The highest BCUT2D eigenvalue weighted by molar-refractivity contribution is 7.80. The maximum absolute atomic E-state index is 4.47. The van der Waals surface area contributed by atoms with Gasteiger partial charge in [-0.2, -0.15) is 12.6 Å². The molecule has 0 heterocycles. The minimum Gasteiger partial charge on any atom is -0.374 e. The Bertz CT molecular complexity index is 382. The third-order valence-corrected chi connectivity index (χ3v) is 4.30. The Hall–Kier alpha value is -0.630. The molecule has 1 fully saturated rings. The van der Waals surface area contributed by atoms with Crippen LogP contribution >= 0.6 is 12.6 Å². The number of hydrogen-bond donors (Lipinski definition) is 1. The van der Waals surface area contributed by atoms with Crippen LogP contribution in [-0.4, -0.2) is 19.3 Å². The second kappa shape index (κ2) is 4.33.